The highest BCUT2D eigenvalue weighted by molar-refractivity contribution is 5.96. The van der Waals surface area contributed by atoms with Crippen molar-refractivity contribution in [3.63, 3.8) is 0 Å². The first-order valence-electron chi connectivity index (χ1n) is 6.05. The Labute approximate surface area is 111 Å². The Morgan fingerprint density at radius 2 is 2.11 bits per heavy atom. The number of aliphatic hydroxyl groups is 1. The summed E-state index contributed by atoms with van der Waals surface area (Å²) < 4.78 is 0. The van der Waals surface area contributed by atoms with Crippen molar-refractivity contribution >= 4 is 11.6 Å². The van der Waals surface area contributed by atoms with E-state index in [9.17, 15) is 20.0 Å². The summed E-state index contributed by atoms with van der Waals surface area (Å²) in [7, 11) is 0. The minimum absolute atomic E-state index is 0.0360. The molecular weight excluding hydrogens is 248 g/mol. The van der Waals surface area contributed by atoms with Crippen LogP contribution in [-0.2, 0) is 0 Å². The lowest BCUT2D eigenvalue weighted by Gasteiger charge is -2.16. The van der Waals surface area contributed by atoms with Crippen LogP contribution in [0.2, 0.25) is 0 Å². The van der Waals surface area contributed by atoms with Gasteiger partial charge in [-0.15, -0.1) is 0 Å². The number of hydrogen-bond acceptors (Lipinski definition) is 4. The number of aliphatic hydroxyl groups excluding tert-OH is 1. The molecule has 0 bridgehead atoms. The molecule has 0 saturated carbocycles. The molecule has 0 fully saturated rings. The fourth-order valence-electron chi connectivity index (χ4n) is 1.89. The second kappa shape index (κ2) is 6.29. The third-order valence-electron chi connectivity index (χ3n) is 2.74. The minimum Gasteiger partial charge on any atom is -0.393 e. The monoisotopic (exact) mass is 266 g/mol. The van der Waals surface area contributed by atoms with Crippen LogP contribution in [-0.4, -0.2) is 28.1 Å². The molecule has 2 unspecified atom stereocenters. The number of benzene rings is 1. The maximum atomic E-state index is 12.0. The molecule has 1 aromatic carbocycles. The van der Waals surface area contributed by atoms with E-state index in [1.807, 2.05) is 0 Å². The van der Waals surface area contributed by atoms with E-state index in [1.54, 1.807) is 20.8 Å². The SMILES string of the molecule is Cc1cc([N+](=O)[O-])ccc1C(=O)NC(C)CC(C)O. The molecule has 6 heteroatoms. The van der Waals surface area contributed by atoms with Gasteiger partial charge in [-0.1, -0.05) is 0 Å². The minimum atomic E-state index is -0.495. The highest BCUT2D eigenvalue weighted by Crippen LogP contribution is 2.17. The maximum Gasteiger partial charge on any atom is 0.269 e. The molecule has 1 aromatic rings. The van der Waals surface area contributed by atoms with E-state index in [2.05, 4.69) is 5.32 Å². The third kappa shape index (κ3) is 4.33. The van der Waals surface area contributed by atoms with Gasteiger partial charge >= 0.3 is 0 Å². The van der Waals surface area contributed by atoms with E-state index in [0.717, 1.165) is 0 Å². The van der Waals surface area contributed by atoms with Crippen molar-refractivity contribution in [1.82, 2.24) is 5.32 Å². The van der Waals surface area contributed by atoms with E-state index in [1.165, 1.54) is 18.2 Å². The molecule has 0 radical (unpaired) electrons. The fourth-order valence-corrected chi connectivity index (χ4v) is 1.89. The van der Waals surface area contributed by atoms with Gasteiger partial charge in [-0.3, -0.25) is 14.9 Å². The molecule has 1 amide bonds. The molecule has 19 heavy (non-hydrogen) atoms. The molecule has 2 atom stereocenters. The number of aryl methyl sites for hydroxylation is 1. The number of nitro groups is 1. The molecule has 0 saturated heterocycles. The van der Waals surface area contributed by atoms with Crippen LogP contribution in [0.15, 0.2) is 18.2 Å². The molecule has 0 spiro atoms. The van der Waals surface area contributed by atoms with Gasteiger partial charge in [0.1, 0.15) is 0 Å². The Hall–Kier alpha value is -1.95. The summed E-state index contributed by atoms with van der Waals surface area (Å²) in [6.07, 6.45) is -0.0362. The number of carbonyl (C=O) groups excluding carboxylic acids is 1. The predicted octanol–water partition coefficient (Wildman–Crippen LogP) is 1.79. The van der Waals surface area contributed by atoms with E-state index in [-0.39, 0.29) is 17.6 Å². The van der Waals surface area contributed by atoms with Crippen LogP contribution in [0.4, 0.5) is 5.69 Å². The zero-order valence-corrected chi connectivity index (χ0v) is 11.2. The molecule has 104 valence electrons. The average Bonchev–Trinajstić information content (AvgIpc) is 2.26. The number of nitrogens with one attached hydrogen (secondary N) is 1. The first kappa shape index (κ1) is 15.1. The van der Waals surface area contributed by atoms with Gasteiger partial charge in [-0.2, -0.15) is 0 Å². The van der Waals surface area contributed by atoms with Crippen molar-refractivity contribution < 1.29 is 14.8 Å². The number of amides is 1. The molecule has 0 aliphatic heterocycles. The standard InChI is InChI=1S/C13H18N2O4/c1-8-6-11(15(18)19)4-5-12(8)13(17)14-9(2)7-10(3)16/h4-6,9-10,16H,7H2,1-3H3,(H,14,17). The van der Waals surface area contributed by atoms with Crippen molar-refractivity contribution in [3.8, 4) is 0 Å². The average molecular weight is 266 g/mol. The van der Waals surface area contributed by atoms with Gasteiger partial charge in [0.25, 0.3) is 11.6 Å². The van der Waals surface area contributed by atoms with Crippen molar-refractivity contribution in [3.05, 3.63) is 39.4 Å². The molecule has 2 N–H and O–H groups in total. The predicted molar refractivity (Wildman–Crippen MR) is 71.1 cm³/mol. The number of nitrogens with zero attached hydrogens (tertiary/aromatic N) is 1. The summed E-state index contributed by atoms with van der Waals surface area (Å²) in [6.45, 7) is 5.10. The molecule has 0 heterocycles. The summed E-state index contributed by atoms with van der Waals surface area (Å²) in [5, 5.41) is 22.6. The second-order valence-electron chi connectivity index (χ2n) is 4.72. The van der Waals surface area contributed by atoms with Gasteiger partial charge in [-0.05, 0) is 38.8 Å². The van der Waals surface area contributed by atoms with Crippen molar-refractivity contribution in [2.45, 2.75) is 39.3 Å². The summed E-state index contributed by atoms with van der Waals surface area (Å²) >= 11 is 0. The lowest BCUT2D eigenvalue weighted by molar-refractivity contribution is -0.384. The topological polar surface area (TPSA) is 92.5 Å². The van der Waals surface area contributed by atoms with E-state index >= 15 is 0 Å². The van der Waals surface area contributed by atoms with Crippen LogP contribution in [0, 0.1) is 17.0 Å². The van der Waals surface area contributed by atoms with Crippen LogP contribution in [0.3, 0.4) is 0 Å². The second-order valence-corrected chi connectivity index (χ2v) is 4.72. The molecule has 0 aliphatic rings. The summed E-state index contributed by atoms with van der Waals surface area (Å²) in [5.41, 5.74) is 0.921. The van der Waals surface area contributed by atoms with Gasteiger partial charge in [0.05, 0.1) is 11.0 Å². The van der Waals surface area contributed by atoms with Crippen LogP contribution in [0.1, 0.15) is 36.2 Å². The van der Waals surface area contributed by atoms with Crippen LogP contribution >= 0.6 is 0 Å². The third-order valence-corrected chi connectivity index (χ3v) is 2.74. The maximum absolute atomic E-state index is 12.0. The quantitative estimate of drug-likeness (QED) is 0.627. The van der Waals surface area contributed by atoms with Gasteiger partial charge in [0.15, 0.2) is 0 Å². The summed E-state index contributed by atoms with van der Waals surface area (Å²) in [6, 6.07) is 3.95. The first-order valence-corrected chi connectivity index (χ1v) is 6.05. The summed E-state index contributed by atoms with van der Waals surface area (Å²) in [5.74, 6) is -0.291. The number of nitro benzene ring substituents is 1. The normalized spacial score (nSPS) is 13.7. The number of carbonyl (C=O) groups is 1. The number of hydrogen-bond donors (Lipinski definition) is 2. The highest BCUT2D eigenvalue weighted by Gasteiger charge is 2.15. The lowest BCUT2D eigenvalue weighted by Crippen LogP contribution is -2.35. The highest BCUT2D eigenvalue weighted by atomic mass is 16.6. The van der Waals surface area contributed by atoms with Gasteiger partial charge in [-0.25, -0.2) is 0 Å². The van der Waals surface area contributed by atoms with E-state index in [0.29, 0.717) is 17.5 Å². The smallest absolute Gasteiger partial charge is 0.269 e. The van der Waals surface area contributed by atoms with Crippen molar-refractivity contribution in [1.29, 1.82) is 0 Å². The molecule has 0 aliphatic carbocycles. The number of rotatable bonds is 5. The lowest BCUT2D eigenvalue weighted by atomic mass is 10.1. The Kier molecular flexibility index (Phi) is 5.00. The van der Waals surface area contributed by atoms with Gasteiger partial charge in [0.2, 0.25) is 0 Å². The van der Waals surface area contributed by atoms with E-state index in [4.69, 9.17) is 0 Å². The molecule has 0 aromatic heterocycles. The Balaban J connectivity index is 2.80. The molecule has 6 nitrogen and oxygen atoms in total. The zero-order chi connectivity index (χ0) is 14.6. The van der Waals surface area contributed by atoms with E-state index < -0.39 is 11.0 Å². The fraction of sp³-hybridized carbons (Fsp3) is 0.462. The van der Waals surface area contributed by atoms with Crippen molar-refractivity contribution in [2.75, 3.05) is 0 Å². The van der Waals surface area contributed by atoms with Crippen LogP contribution in [0.25, 0.3) is 0 Å². The first-order chi connectivity index (χ1) is 8.81. The Bertz CT molecular complexity index is 486. The summed E-state index contributed by atoms with van der Waals surface area (Å²) in [4.78, 5) is 22.1. The molecular formula is C13H18N2O4. The Morgan fingerprint density at radius 3 is 2.58 bits per heavy atom. The van der Waals surface area contributed by atoms with Crippen LogP contribution < -0.4 is 5.32 Å². The number of non-ortho nitro benzene ring substituents is 1. The zero-order valence-electron chi connectivity index (χ0n) is 11.2. The van der Waals surface area contributed by atoms with Crippen LogP contribution in [0.5, 0.6) is 0 Å². The Morgan fingerprint density at radius 1 is 1.47 bits per heavy atom. The van der Waals surface area contributed by atoms with Crippen molar-refractivity contribution in [2.24, 2.45) is 0 Å². The van der Waals surface area contributed by atoms with Gasteiger partial charge < -0.3 is 10.4 Å². The van der Waals surface area contributed by atoms with Gasteiger partial charge in [0, 0.05) is 23.7 Å². The molecule has 1 rings (SSSR count). The largest absolute Gasteiger partial charge is 0.393 e.